The lowest BCUT2D eigenvalue weighted by atomic mass is 10.2. The van der Waals surface area contributed by atoms with Crippen LogP contribution in [0.5, 0.6) is 0 Å². The highest BCUT2D eigenvalue weighted by Crippen LogP contribution is 2.25. The lowest BCUT2D eigenvalue weighted by Crippen LogP contribution is -2.01. The van der Waals surface area contributed by atoms with Crippen LogP contribution in [-0.4, -0.2) is 5.97 Å². The van der Waals surface area contributed by atoms with E-state index in [-0.39, 0.29) is 6.61 Å². The molecule has 0 aliphatic rings. The van der Waals surface area contributed by atoms with Crippen LogP contribution in [0.25, 0.3) is 6.08 Å². The Balaban J connectivity index is 1.94. The van der Waals surface area contributed by atoms with Crippen molar-refractivity contribution in [2.75, 3.05) is 0 Å². The van der Waals surface area contributed by atoms with Gasteiger partial charge in [-0.2, -0.15) is 0 Å². The molecule has 1 aromatic carbocycles. The Morgan fingerprint density at radius 1 is 1.25 bits per heavy atom. The zero-order chi connectivity index (χ0) is 14.5. The fourth-order valence-corrected chi connectivity index (χ4v) is 2.26. The molecule has 0 saturated heterocycles. The van der Waals surface area contributed by atoms with Crippen LogP contribution in [0.1, 0.15) is 11.3 Å². The number of ether oxygens (including phenoxy) is 1. The molecule has 1 heterocycles. The van der Waals surface area contributed by atoms with Gasteiger partial charge in [0.1, 0.15) is 12.4 Å². The summed E-state index contributed by atoms with van der Waals surface area (Å²) in [5, 5.41) is 0.925. The van der Waals surface area contributed by atoms with Crippen LogP contribution in [0.15, 0.2) is 45.5 Å². The van der Waals surface area contributed by atoms with Gasteiger partial charge in [-0.15, -0.1) is 0 Å². The van der Waals surface area contributed by atoms with Gasteiger partial charge >= 0.3 is 5.97 Å². The van der Waals surface area contributed by atoms with Crippen molar-refractivity contribution in [1.82, 2.24) is 0 Å². The van der Waals surface area contributed by atoms with Gasteiger partial charge in [0.25, 0.3) is 0 Å². The second-order valence-corrected chi connectivity index (χ2v) is 5.38. The minimum atomic E-state index is -0.506. The molecule has 0 N–H and O–H groups in total. The summed E-state index contributed by atoms with van der Waals surface area (Å²) in [5.74, 6) is 0.0399. The van der Waals surface area contributed by atoms with E-state index >= 15 is 0 Å². The number of furan rings is 1. The van der Waals surface area contributed by atoms with Crippen molar-refractivity contribution in [3.05, 3.63) is 62.4 Å². The highest BCUT2D eigenvalue weighted by Gasteiger charge is 2.07. The normalized spacial score (nSPS) is 10.9. The molecule has 2 aromatic rings. The van der Waals surface area contributed by atoms with Gasteiger partial charge in [-0.05, 0) is 46.3 Å². The van der Waals surface area contributed by atoms with Gasteiger partial charge in [-0.3, -0.25) is 0 Å². The van der Waals surface area contributed by atoms with Gasteiger partial charge in [0, 0.05) is 21.7 Å². The van der Waals surface area contributed by atoms with E-state index in [9.17, 15) is 4.79 Å². The Morgan fingerprint density at radius 2 is 1.95 bits per heavy atom. The maximum Gasteiger partial charge on any atom is 0.331 e. The van der Waals surface area contributed by atoms with Crippen molar-refractivity contribution >= 4 is 51.2 Å². The third-order valence-corrected chi connectivity index (χ3v) is 3.53. The number of hydrogen-bond donors (Lipinski definition) is 0. The van der Waals surface area contributed by atoms with Gasteiger partial charge in [0.2, 0.25) is 0 Å². The minimum absolute atomic E-state index is 0.0174. The number of carbonyl (C=O) groups is 1. The van der Waals surface area contributed by atoms with Crippen LogP contribution in [-0.2, 0) is 16.1 Å². The summed E-state index contributed by atoms with van der Waals surface area (Å²) in [7, 11) is 0. The van der Waals surface area contributed by atoms with Crippen molar-refractivity contribution in [2.45, 2.75) is 6.61 Å². The Bertz CT molecular complexity index is 629. The van der Waals surface area contributed by atoms with Crippen molar-refractivity contribution in [2.24, 2.45) is 0 Å². The highest BCUT2D eigenvalue weighted by molar-refractivity contribution is 9.10. The van der Waals surface area contributed by atoms with E-state index in [2.05, 4.69) is 15.9 Å². The average Bonchev–Trinajstić information content (AvgIpc) is 2.82. The molecule has 1 aromatic heterocycles. The maximum atomic E-state index is 11.6. The average molecular weight is 376 g/mol. The van der Waals surface area contributed by atoms with Crippen molar-refractivity contribution in [3.63, 3.8) is 0 Å². The van der Waals surface area contributed by atoms with Crippen LogP contribution in [0.2, 0.25) is 10.0 Å². The quantitative estimate of drug-likeness (QED) is 0.550. The van der Waals surface area contributed by atoms with Gasteiger partial charge in [0.05, 0.1) is 0 Å². The van der Waals surface area contributed by atoms with E-state index in [0.717, 1.165) is 0 Å². The zero-order valence-electron chi connectivity index (χ0n) is 10.1. The van der Waals surface area contributed by atoms with Crippen LogP contribution in [0, 0.1) is 0 Å². The predicted octanol–water partition coefficient (Wildman–Crippen LogP) is 5.11. The lowest BCUT2D eigenvalue weighted by Gasteiger charge is -2.06. The monoisotopic (exact) mass is 374 g/mol. The summed E-state index contributed by atoms with van der Waals surface area (Å²) in [5.41, 5.74) is 0.582. The van der Waals surface area contributed by atoms with Crippen molar-refractivity contribution < 1.29 is 13.9 Å². The maximum absolute atomic E-state index is 11.6. The van der Waals surface area contributed by atoms with E-state index in [1.54, 1.807) is 30.3 Å². The molecule has 0 fully saturated rings. The fraction of sp³-hybridized carbons (Fsp3) is 0.0714. The largest absolute Gasteiger partial charge is 0.458 e. The Morgan fingerprint density at radius 3 is 2.55 bits per heavy atom. The van der Waals surface area contributed by atoms with E-state index in [1.807, 2.05) is 0 Å². The van der Waals surface area contributed by atoms with Crippen LogP contribution in [0.4, 0.5) is 0 Å². The number of carbonyl (C=O) groups excluding carboxylic acids is 1. The molecule has 0 bridgehead atoms. The van der Waals surface area contributed by atoms with Gasteiger partial charge in [-0.1, -0.05) is 29.3 Å². The molecule has 0 atom stereocenters. The molecule has 0 radical (unpaired) electrons. The molecule has 0 unspecified atom stereocenters. The predicted molar refractivity (Wildman–Crippen MR) is 81.7 cm³/mol. The molecule has 0 spiro atoms. The summed E-state index contributed by atoms with van der Waals surface area (Å²) in [6.07, 6.45) is 2.79. The second-order valence-electron chi connectivity index (χ2n) is 3.78. The number of halogens is 3. The molecular weight excluding hydrogens is 367 g/mol. The standard InChI is InChI=1S/C14H9BrCl2O3/c15-13-6-4-9(20-13)5-7-14(18)19-8-10-11(16)2-1-3-12(10)17/h1-7H,8H2/b7-5+. The Labute approximate surface area is 134 Å². The highest BCUT2D eigenvalue weighted by atomic mass is 79.9. The zero-order valence-corrected chi connectivity index (χ0v) is 13.2. The third-order valence-electron chi connectivity index (χ3n) is 2.40. The summed E-state index contributed by atoms with van der Waals surface area (Å²) < 4.78 is 10.9. The smallest absolute Gasteiger partial charge is 0.331 e. The van der Waals surface area contributed by atoms with Gasteiger partial charge in [-0.25, -0.2) is 4.79 Å². The van der Waals surface area contributed by atoms with E-state index in [1.165, 1.54) is 12.2 Å². The first-order valence-electron chi connectivity index (χ1n) is 5.59. The third kappa shape index (κ3) is 4.13. The Hall–Kier alpha value is -1.23. The molecule has 3 nitrogen and oxygen atoms in total. The molecule has 2 rings (SSSR count). The Kier molecular flexibility index (Phi) is 5.29. The van der Waals surface area contributed by atoms with E-state index in [4.69, 9.17) is 32.4 Å². The van der Waals surface area contributed by atoms with Crippen LogP contribution in [0.3, 0.4) is 0 Å². The second kappa shape index (κ2) is 6.97. The van der Waals surface area contributed by atoms with Gasteiger partial charge in [0.15, 0.2) is 4.67 Å². The van der Waals surface area contributed by atoms with Crippen LogP contribution >= 0.6 is 39.1 Å². The van der Waals surface area contributed by atoms with Crippen molar-refractivity contribution in [3.8, 4) is 0 Å². The van der Waals surface area contributed by atoms with Gasteiger partial charge < -0.3 is 9.15 Å². The molecule has 6 heteroatoms. The summed E-state index contributed by atoms with van der Waals surface area (Å²) in [6.45, 7) is 0.0174. The summed E-state index contributed by atoms with van der Waals surface area (Å²) >= 11 is 15.1. The number of rotatable bonds is 4. The minimum Gasteiger partial charge on any atom is -0.458 e. The molecule has 0 aliphatic heterocycles. The number of esters is 1. The molecule has 0 aliphatic carbocycles. The molecule has 20 heavy (non-hydrogen) atoms. The number of benzene rings is 1. The van der Waals surface area contributed by atoms with E-state index in [0.29, 0.717) is 26.0 Å². The molecule has 104 valence electrons. The molecular formula is C14H9BrCl2O3. The topological polar surface area (TPSA) is 39.4 Å². The van der Waals surface area contributed by atoms with E-state index < -0.39 is 5.97 Å². The molecule has 0 saturated carbocycles. The lowest BCUT2D eigenvalue weighted by molar-refractivity contribution is -0.138. The van der Waals surface area contributed by atoms with Crippen molar-refractivity contribution in [1.29, 1.82) is 0 Å². The molecule has 0 amide bonds. The number of hydrogen-bond acceptors (Lipinski definition) is 3. The summed E-state index contributed by atoms with van der Waals surface area (Å²) in [4.78, 5) is 11.6. The summed E-state index contributed by atoms with van der Waals surface area (Å²) in [6, 6.07) is 8.55. The first kappa shape index (κ1) is 15.2. The first-order chi connectivity index (χ1) is 9.56. The SMILES string of the molecule is O=C(/C=C/c1ccc(Br)o1)OCc1c(Cl)cccc1Cl. The first-order valence-corrected chi connectivity index (χ1v) is 7.14. The van der Waals surface area contributed by atoms with Crippen LogP contribution < -0.4 is 0 Å². The fourth-order valence-electron chi connectivity index (χ4n) is 1.43.